The number of hydrogen-bond acceptors (Lipinski definition) is 2. The Labute approximate surface area is 124 Å². The molecule has 112 valence electrons. The third kappa shape index (κ3) is 3.41. The van der Waals surface area contributed by atoms with Crippen LogP contribution in [0.4, 0.5) is 0 Å². The predicted molar refractivity (Wildman–Crippen MR) is 86.7 cm³/mol. The summed E-state index contributed by atoms with van der Waals surface area (Å²) in [6, 6.07) is 0. The monoisotopic (exact) mass is 275 g/mol. The number of nitrogens with zero attached hydrogens (tertiary/aromatic N) is 1. The van der Waals surface area contributed by atoms with E-state index in [1.54, 1.807) is 0 Å². The minimum absolute atomic E-state index is 0.0768. The molecule has 1 heterocycles. The van der Waals surface area contributed by atoms with E-state index in [4.69, 9.17) is 4.42 Å². The van der Waals surface area contributed by atoms with E-state index in [9.17, 15) is 0 Å². The van der Waals surface area contributed by atoms with Gasteiger partial charge in [0.25, 0.3) is 0 Å². The van der Waals surface area contributed by atoms with Crippen LogP contribution in [0.5, 0.6) is 0 Å². The van der Waals surface area contributed by atoms with Crippen molar-refractivity contribution in [2.75, 3.05) is 0 Å². The van der Waals surface area contributed by atoms with Gasteiger partial charge in [-0.25, -0.2) is 4.98 Å². The first-order chi connectivity index (χ1) is 9.14. The highest BCUT2D eigenvalue weighted by Crippen LogP contribution is 2.41. The van der Waals surface area contributed by atoms with Crippen molar-refractivity contribution >= 4 is 6.08 Å². The standard InChI is InChI=1S/C18H29NO/c1-9-13(3)16-15(19-14(4)20-16)11-12-18(8,10-2)17(5,6)7/h10-13H,2,9H2,1,3-8H3. The van der Waals surface area contributed by atoms with Crippen molar-refractivity contribution in [3.63, 3.8) is 0 Å². The Morgan fingerprint density at radius 3 is 2.35 bits per heavy atom. The van der Waals surface area contributed by atoms with E-state index in [0.717, 1.165) is 23.8 Å². The number of allylic oxidation sites excluding steroid dienone is 2. The quantitative estimate of drug-likeness (QED) is 0.640. The summed E-state index contributed by atoms with van der Waals surface area (Å²) >= 11 is 0. The molecule has 0 aromatic carbocycles. The van der Waals surface area contributed by atoms with Gasteiger partial charge in [-0.1, -0.05) is 53.7 Å². The summed E-state index contributed by atoms with van der Waals surface area (Å²) in [6.07, 6.45) is 7.35. The van der Waals surface area contributed by atoms with Crippen LogP contribution in [-0.4, -0.2) is 4.98 Å². The molecule has 0 spiro atoms. The van der Waals surface area contributed by atoms with Crippen molar-refractivity contribution in [1.29, 1.82) is 0 Å². The van der Waals surface area contributed by atoms with Crippen molar-refractivity contribution < 1.29 is 4.42 Å². The van der Waals surface area contributed by atoms with Crippen molar-refractivity contribution in [2.45, 2.75) is 60.8 Å². The van der Waals surface area contributed by atoms with Crippen molar-refractivity contribution in [2.24, 2.45) is 10.8 Å². The average Bonchev–Trinajstić information content (AvgIpc) is 2.74. The molecule has 1 aromatic rings. The second kappa shape index (κ2) is 5.99. The zero-order chi connectivity index (χ0) is 15.6. The minimum atomic E-state index is -0.0768. The van der Waals surface area contributed by atoms with Gasteiger partial charge in [0.15, 0.2) is 5.89 Å². The lowest BCUT2D eigenvalue weighted by molar-refractivity contribution is 0.229. The molecular formula is C18H29NO. The molecule has 2 atom stereocenters. The molecule has 2 unspecified atom stereocenters. The lowest BCUT2D eigenvalue weighted by Crippen LogP contribution is -2.28. The van der Waals surface area contributed by atoms with Crippen LogP contribution in [0.25, 0.3) is 6.08 Å². The summed E-state index contributed by atoms with van der Waals surface area (Å²) in [5.74, 6) is 2.11. The van der Waals surface area contributed by atoms with Crippen LogP contribution in [0.2, 0.25) is 0 Å². The lowest BCUT2D eigenvalue weighted by Gasteiger charge is -2.37. The van der Waals surface area contributed by atoms with Gasteiger partial charge in [0.1, 0.15) is 11.5 Å². The summed E-state index contributed by atoms with van der Waals surface area (Å²) in [4.78, 5) is 4.51. The van der Waals surface area contributed by atoms with Gasteiger partial charge in [0, 0.05) is 18.3 Å². The number of aromatic nitrogens is 1. The Bertz CT molecular complexity index is 490. The summed E-state index contributed by atoms with van der Waals surface area (Å²) in [7, 11) is 0. The Morgan fingerprint density at radius 1 is 1.30 bits per heavy atom. The molecule has 1 rings (SSSR count). The molecule has 0 saturated heterocycles. The lowest BCUT2D eigenvalue weighted by atomic mass is 9.68. The fourth-order valence-corrected chi connectivity index (χ4v) is 1.99. The molecule has 20 heavy (non-hydrogen) atoms. The van der Waals surface area contributed by atoms with Crippen molar-refractivity contribution in [3.8, 4) is 0 Å². The normalized spacial score (nSPS) is 17.1. The molecule has 0 radical (unpaired) electrons. The molecule has 2 heteroatoms. The number of hydrogen-bond donors (Lipinski definition) is 0. The molecule has 1 aromatic heterocycles. The van der Waals surface area contributed by atoms with Crippen molar-refractivity contribution in [1.82, 2.24) is 4.98 Å². The summed E-state index contributed by atoms with van der Waals surface area (Å²) in [5.41, 5.74) is 0.988. The molecule has 0 aliphatic carbocycles. The number of oxazole rings is 1. The molecular weight excluding hydrogens is 246 g/mol. The van der Waals surface area contributed by atoms with E-state index in [-0.39, 0.29) is 10.8 Å². The largest absolute Gasteiger partial charge is 0.445 e. The van der Waals surface area contributed by atoms with Gasteiger partial charge in [-0.05, 0) is 17.9 Å². The molecule has 0 fully saturated rings. The second-order valence-corrected chi connectivity index (χ2v) is 6.86. The van der Waals surface area contributed by atoms with Gasteiger partial charge < -0.3 is 4.42 Å². The van der Waals surface area contributed by atoms with Crippen LogP contribution in [0.15, 0.2) is 23.1 Å². The summed E-state index contributed by atoms with van der Waals surface area (Å²) < 4.78 is 5.76. The van der Waals surface area contributed by atoms with Crippen molar-refractivity contribution in [3.05, 3.63) is 36.1 Å². The van der Waals surface area contributed by atoms with Crippen LogP contribution in [-0.2, 0) is 0 Å². The zero-order valence-electron chi connectivity index (χ0n) is 14.1. The van der Waals surface area contributed by atoms with Gasteiger partial charge >= 0.3 is 0 Å². The fraction of sp³-hybridized carbons (Fsp3) is 0.611. The smallest absolute Gasteiger partial charge is 0.191 e. The Morgan fingerprint density at radius 2 is 1.90 bits per heavy atom. The highest BCUT2D eigenvalue weighted by atomic mass is 16.4. The molecule has 0 saturated carbocycles. The van der Waals surface area contributed by atoms with E-state index in [0.29, 0.717) is 5.92 Å². The fourth-order valence-electron chi connectivity index (χ4n) is 1.99. The van der Waals surface area contributed by atoms with Gasteiger partial charge in [0.2, 0.25) is 0 Å². The third-order valence-corrected chi connectivity index (χ3v) is 4.48. The molecule has 0 aliphatic rings. The zero-order valence-corrected chi connectivity index (χ0v) is 14.1. The van der Waals surface area contributed by atoms with Crippen LogP contribution in [0.3, 0.4) is 0 Å². The maximum Gasteiger partial charge on any atom is 0.191 e. The molecule has 0 N–H and O–H groups in total. The van der Waals surface area contributed by atoms with E-state index in [1.807, 2.05) is 13.0 Å². The molecule has 0 amide bonds. The SMILES string of the molecule is C=CC(C)(C=Cc1nc(C)oc1C(C)CC)C(C)(C)C. The van der Waals surface area contributed by atoms with Gasteiger partial charge in [0.05, 0.1) is 0 Å². The van der Waals surface area contributed by atoms with Crippen LogP contribution >= 0.6 is 0 Å². The Hall–Kier alpha value is -1.31. The maximum absolute atomic E-state index is 5.76. The topological polar surface area (TPSA) is 26.0 Å². The molecule has 2 nitrogen and oxygen atoms in total. The number of aryl methyl sites for hydroxylation is 1. The predicted octanol–water partition coefficient (Wildman–Crippen LogP) is 5.75. The van der Waals surface area contributed by atoms with E-state index < -0.39 is 0 Å². The van der Waals surface area contributed by atoms with Gasteiger partial charge in [-0.2, -0.15) is 0 Å². The number of rotatable bonds is 5. The molecule has 0 bridgehead atoms. The van der Waals surface area contributed by atoms with Gasteiger partial charge in [-0.15, -0.1) is 6.58 Å². The molecule has 0 aliphatic heterocycles. The van der Waals surface area contributed by atoms with Crippen LogP contribution in [0.1, 0.15) is 71.2 Å². The van der Waals surface area contributed by atoms with E-state index in [1.165, 1.54) is 0 Å². The first kappa shape index (κ1) is 16.7. The highest BCUT2D eigenvalue weighted by molar-refractivity contribution is 5.49. The van der Waals surface area contributed by atoms with Crippen LogP contribution < -0.4 is 0 Å². The first-order valence-electron chi connectivity index (χ1n) is 7.44. The second-order valence-electron chi connectivity index (χ2n) is 6.86. The van der Waals surface area contributed by atoms with Crippen LogP contribution in [0, 0.1) is 17.8 Å². The Kier molecular flexibility index (Phi) is 5.01. The van der Waals surface area contributed by atoms with E-state index >= 15 is 0 Å². The maximum atomic E-state index is 5.76. The minimum Gasteiger partial charge on any atom is -0.445 e. The third-order valence-electron chi connectivity index (χ3n) is 4.48. The highest BCUT2D eigenvalue weighted by Gasteiger charge is 2.32. The average molecular weight is 275 g/mol. The Balaban J connectivity index is 3.15. The van der Waals surface area contributed by atoms with E-state index in [2.05, 4.69) is 65.3 Å². The van der Waals surface area contributed by atoms with Gasteiger partial charge in [-0.3, -0.25) is 0 Å². The first-order valence-corrected chi connectivity index (χ1v) is 7.44. The summed E-state index contributed by atoms with van der Waals surface area (Å²) in [5, 5.41) is 0. The summed E-state index contributed by atoms with van der Waals surface area (Å²) in [6.45, 7) is 19.1.